The summed E-state index contributed by atoms with van der Waals surface area (Å²) in [6, 6.07) is 3.61. The maximum Gasteiger partial charge on any atom is 0.313 e. The van der Waals surface area contributed by atoms with E-state index in [-0.39, 0.29) is 5.75 Å². The quantitative estimate of drug-likeness (QED) is 0.613. The van der Waals surface area contributed by atoms with Gasteiger partial charge in [-0.05, 0) is 19.1 Å². The van der Waals surface area contributed by atoms with Gasteiger partial charge in [-0.2, -0.15) is 0 Å². The van der Waals surface area contributed by atoms with Crippen LogP contribution in [0, 0.1) is 6.92 Å². The fourth-order valence-corrected chi connectivity index (χ4v) is 1.98. The summed E-state index contributed by atoms with van der Waals surface area (Å²) in [6.45, 7) is 1.84. The lowest BCUT2D eigenvalue weighted by atomic mass is 10.2. The van der Waals surface area contributed by atoms with Crippen LogP contribution >= 0.6 is 11.8 Å². The third-order valence-corrected chi connectivity index (χ3v) is 3.16. The monoisotopic (exact) mass is 265 g/mol. The van der Waals surface area contributed by atoms with Crippen LogP contribution in [-0.4, -0.2) is 36.7 Å². The molecule has 94 valence electrons. The fourth-order valence-electron chi connectivity index (χ4n) is 1.41. The number of nitrogens with zero attached hydrogens (tertiary/aromatic N) is 4. The van der Waals surface area contributed by atoms with Gasteiger partial charge in [-0.1, -0.05) is 11.8 Å². The maximum atomic E-state index is 10.5. The van der Waals surface area contributed by atoms with E-state index in [9.17, 15) is 4.79 Å². The third kappa shape index (κ3) is 2.43. The van der Waals surface area contributed by atoms with Gasteiger partial charge in [0, 0.05) is 17.5 Å². The second-order valence-corrected chi connectivity index (χ2v) is 4.44. The van der Waals surface area contributed by atoms with Crippen LogP contribution in [-0.2, 0) is 4.79 Å². The number of rotatable bonds is 4. The molecule has 2 aromatic heterocycles. The van der Waals surface area contributed by atoms with E-state index in [0.717, 1.165) is 23.0 Å². The highest BCUT2D eigenvalue weighted by Gasteiger charge is 2.14. The number of nitrogens with two attached hydrogens (primary N) is 1. The Kier molecular flexibility index (Phi) is 3.47. The van der Waals surface area contributed by atoms with Crippen molar-refractivity contribution in [2.24, 2.45) is 0 Å². The minimum Gasteiger partial charge on any atom is -0.481 e. The molecule has 0 amide bonds. The highest BCUT2D eigenvalue weighted by molar-refractivity contribution is 7.99. The summed E-state index contributed by atoms with van der Waals surface area (Å²) in [4.78, 5) is 14.6. The van der Waals surface area contributed by atoms with Crippen molar-refractivity contribution in [2.45, 2.75) is 12.1 Å². The number of carbonyl (C=O) groups is 1. The minimum absolute atomic E-state index is 0.110. The van der Waals surface area contributed by atoms with E-state index < -0.39 is 5.97 Å². The number of aliphatic carboxylic acids is 1. The molecule has 8 heteroatoms. The summed E-state index contributed by atoms with van der Waals surface area (Å²) < 4.78 is 1.28. The van der Waals surface area contributed by atoms with Crippen LogP contribution in [0.5, 0.6) is 0 Å². The predicted octanol–water partition coefficient (Wildman–Crippen LogP) is 0.539. The predicted molar refractivity (Wildman–Crippen MR) is 66.5 cm³/mol. The van der Waals surface area contributed by atoms with Gasteiger partial charge in [0.2, 0.25) is 5.16 Å². The van der Waals surface area contributed by atoms with Crippen LogP contribution in [0.25, 0.3) is 11.4 Å². The van der Waals surface area contributed by atoms with E-state index in [0.29, 0.717) is 11.0 Å². The first kappa shape index (κ1) is 12.4. The van der Waals surface area contributed by atoms with Gasteiger partial charge in [0.15, 0.2) is 5.82 Å². The van der Waals surface area contributed by atoms with Crippen LogP contribution in [0.15, 0.2) is 23.5 Å². The van der Waals surface area contributed by atoms with Crippen molar-refractivity contribution in [1.29, 1.82) is 0 Å². The van der Waals surface area contributed by atoms with Gasteiger partial charge in [-0.3, -0.25) is 9.78 Å². The summed E-state index contributed by atoms with van der Waals surface area (Å²) >= 11 is 1.02. The summed E-state index contributed by atoms with van der Waals surface area (Å²) in [7, 11) is 0. The molecule has 0 aliphatic rings. The summed E-state index contributed by atoms with van der Waals surface area (Å²) in [5, 5.41) is 16.8. The molecule has 0 fully saturated rings. The van der Waals surface area contributed by atoms with Crippen molar-refractivity contribution >= 4 is 17.7 Å². The molecule has 7 nitrogen and oxygen atoms in total. The average Bonchev–Trinajstić information content (AvgIpc) is 2.69. The lowest BCUT2D eigenvalue weighted by molar-refractivity contribution is -0.133. The van der Waals surface area contributed by atoms with Crippen molar-refractivity contribution in [3.8, 4) is 11.4 Å². The zero-order chi connectivity index (χ0) is 13.1. The Morgan fingerprint density at radius 1 is 1.56 bits per heavy atom. The molecule has 0 spiro atoms. The van der Waals surface area contributed by atoms with Crippen LogP contribution in [0.3, 0.4) is 0 Å². The first-order valence-corrected chi connectivity index (χ1v) is 6.05. The van der Waals surface area contributed by atoms with Crippen molar-refractivity contribution in [3.05, 3.63) is 24.0 Å². The molecule has 0 bridgehead atoms. The molecule has 0 unspecified atom stereocenters. The Balaban J connectivity index is 2.31. The number of pyridine rings is 1. The number of aromatic nitrogens is 4. The lowest BCUT2D eigenvalue weighted by Gasteiger charge is -2.04. The molecule has 2 aromatic rings. The van der Waals surface area contributed by atoms with E-state index in [4.69, 9.17) is 10.9 Å². The first-order chi connectivity index (χ1) is 8.59. The maximum absolute atomic E-state index is 10.5. The SMILES string of the molecule is Cc1ncccc1-c1nnc(SCC(=O)O)n1N. The van der Waals surface area contributed by atoms with Crippen LogP contribution in [0.2, 0.25) is 0 Å². The van der Waals surface area contributed by atoms with Gasteiger partial charge < -0.3 is 10.9 Å². The zero-order valence-corrected chi connectivity index (χ0v) is 10.4. The van der Waals surface area contributed by atoms with Crippen molar-refractivity contribution in [1.82, 2.24) is 19.9 Å². The number of hydrogen-bond acceptors (Lipinski definition) is 6. The average molecular weight is 265 g/mol. The number of aryl methyl sites for hydroxylation is 1. The highest BCUT2D eigenvalue weighted by atomic mass is 32.2. The van der Waals surface area contributed by atoms with Crippen LogP contribution in [0.4, 0.5) is 0 Å². The molecule has 18 heavy (non-hydrogen) atoms. The molecule has 0 aliphatic carbocycles. The molecule has 2 rings (SSSR count). The summed E-state index contributed by atoms with van der Waals surface area (Å²) in [5.74, 6) is 5.27. The van der Waals surface area contributed by atoms with E-state index >= 15 is 0 Å². The van der Waals surface area contributed by atoms with Gasteiger partial charge in [-0.25, -0.2) is 4.68 Å². The van der Waals surface area contributed by atoms with Crippen LogP contribution < -0.4 is 5.84 Å². The molecule has 0 atom stereocenters. The standard InChI is InChI=1S/C10H11N5O2S/c1-6-7(3-2-4-12-6)9-13-14-10(15(9)11)18-5-8(16)17/h2-4H,5,11H2,1H3,(H,16,17). The Labute approximate surface area is 107 Å². The van der Waals surface area contributed by atoms with Crippen molar-refractivity contribution in [2.75, 3.05) is 11.6 Å². The molecule has 0 radical (unpaired) electrons. The van der Waals surface area contributed by atoms with E-state index in [2.05, 4.69) is 15.2 Å². The Morgan fingerprint density at radius 2 is 2.33 bits per heavy atom. The topological polar surface area (TPSA) is 107 Å². The smallest absolute Gasteiger partial charge is 0.313 e. The Hall–Kier alpha value is -2.09. The van der Waals surface area contributed by atoms with Gasteiger partial charge in [0.25, 0.3) is 0 Å². The highest BCUT2D eigenvalue weighted by Crippen LogP contribution is 2.22. The molecule has 0 saturated heterocycles. The van der Waals surface area contributed by atoms with E-state index in [1.165, 1.54) is 4.68 Å². The summed E-state index contributed by atoms with van der Waals surface area (Å²) in [6.07, 6.45) is 1.68. The number of thioether (sulfide) groups is 1. The molecular formula is C10H11N5O2S. The van der Waals surface area contributed by atoms with Crippen molar-refractivity contribution in [3.63, 3.8) is 0 Å². The number of nitrogen functional groups attached to an aromatic ring is 1. The zero-order valence-electron chi connectivity index (χ0n) is 9.57. The van der Waals surface area contributed by atoms with Gasteiger partial charge in [0.1, 0.15) is 0 Å². The number of carboxylic acid groups (broad SMARTS) is 1. The van der Waals surface area contributed by atoms with Gasteiger partial charge in [0.05, 0.1) is 5.75 Å². The Morgan fingerprint density at radius 3 is 3.00 bits per heavy atom. The second-order valence-electron chi connectivity index (χ2n) is 3.49. The van der Waals surface area contributed by atoms with Crippen molar-refractivity contribution < 1.29 is 9.90 Å². The van der Waals surface area contributed by atoms with E-state index in [1.807, 2.05) is 13.0 Å². The Bertz CT molecular complexity index is 583. The largest absolute Gasteiger partial charge is 0.481 e. The molecule has 0 aromatic carbocycles. The second kappa shape index (κ2) is 5.05. The molecular weight excluding hydrogens is 254 g/mol. The molecule has 0 aliphatic heterocycles. The third-order valence-electron chi connectivity index (χ3n) is 2.24. The minimum atomic E-state index is -0.929. The first-order valence-electron chi connectivity index (χ1n) is 5.06. The summed E-state index contributed by atoms with van der Waals surface area (Å²) in [5.41, 5.74) is 1.56. The number of carboxylic acids is 1. The number of hydrogen-bond donors (Lipinski definition) is 2. The van der Waals surface area contributed by atoms with E-state index in [1.54, 1.807) is 12.3 Å². The van der Waals surface area contributed by atoms with Crippen LogP contribution in [0.1, 0.15) is 5.69 Å². The molecule has 3 N–H and O–H groups in total. The normalized spacial score (nSPS) is 10.5. The lowest BCUT2D eigenvalue weighted by Crippen LogP contribution is -2.13. The van der Waals surface area contributed by atoms with Gasteiger partial charge in [-0.15, -0.1) is 10.2 Å². The molecule has 2 heterocycles. The van der Waals surface area contributed by atoms with Gasteiger partial charge >= 0.3 is 5.97 Å². The molecule has 0 saturated carbocycles. The fraction of sp³-hybridized carbons (Fsp3) is 0.200.